The summed E-state index contributed by atoms with van der Waals surface area (Å²) in [6.07, 6.45) is 1.59. The fraction of sp³-hybridized carbons (Fsp3) is 0.115. The van der Waals surface area contributed by atoms with E-state index in [9.17, 15) is 18.8 Å². The van der Waals surface area contributed by atoms with Gasteiger partial charge in [-0.1, -0.05) is 30.3 Å². The SMILES string of the molecule is COc1cc(/C=C2\SC(=O)N(Cc3cccc(F)c3)C2=O)ccc1OCc1ccc(C(=O)O)cc1. The highest BCUT2D eigenvalue weighted by molar-refractivity contribution is 8.18. The molecule has 0 aromatic heterocycles. The van der Waals surface area contributed by atoms with Gasteiger partial charge in [0.2, 0.25) is 0 Å². The van der Waals surface area contributed by atoms with Crippen LogP contribution in [0.2, 0.25) is 0 Å². The van der Waals surface area contributed by atoms with Crippen molar-refractivity contribution in [2.24, 2.45) is 0 Å². The van der Waals surface area contributed by atoms with Gasteiger partial charge >= 0.3 is 5.97 Å². The van der Waals surface area contributed by atoms with Crippen LogP contribution in [-0.2, 0) is 17.9 Å². The van der Waals surface area contributed by atoms with E-state index < -0.39 is 22.9 Å². The van der Waals surface area contributed by atoms with Crippen molar-refractivity contribution in [1.82, 2.24) is 4.90 Å². The second-order valence-electron chi connectivity index (χ2n) is 7.60. The third kappa shape index (κ3) is 5.70. The van der Waals surface area contributed by atoms with Crippen LogP contribution in [0.4, 0.5) is 9.18 Å². The van der Waals surface area contributed by atoms with Crippen LogP contribution in [-0.4, -0.2) is 34.2 Å². The molecule has 0 bridgehead atoms. The number of benzene rings is 3. The van der Waals surface area contributed by atoms with Crippen molar-refractivity contribution in [2.45, 2.75) is 13.2 Å². The summed E-state index contributed by atoms with van der Waals surface area (Å²) in [5, 5.41) is 8.57. The second kappa shape index (κ2) is 10.4. The van der Waals surface area contributed by atoms with Gasteiger partial charge in [0.25, 0.3) is 11.1 Å². The Morgan fingerprint density at radius 2 is 1.80 bits per heavy atom. The molecule has 1 N–H and O–H groups in total. The number of carboxylic acid groups (broad SMARTS) is 1. The Bertz CT molecular complexity index is 1320. The smallest absolute Gasteiger partial charge is 0.335 e. The highest BCUT2D eigenvalue weighted by Gasteiger charge is 2.35. The number of imide groups is 1. The first kappa shape index (κ1) is 24.0. The number of carboxylic acids is 1. The maximum absolute atomic E-state index is 13.5. The average molecular weight is 494 g/mol. The largest absolute Gasteiger partial charge is 0.493 e. The third-order valence-corrected chi connectivity index (χ3v) is 6.09. The lowest BCUT2D eigenvalue weighted by atomic mass is 10.1. The fourth-order valence-electron chi connectivity index (χ4n) is 3.40. The quantitative estimate of drug-likeness (QED) is 0.423. The summed E-state index contributed by atoms with van der Waals surface area (Å²) >= 11 is 0.819. The first-order chi connectivity index (χ1) is 16.8. The molecule has 0 atom stereocenters. The lowest BCUT2D eigenvalue weighted by molar-refractivity contribution is -0.123. The summed E-state index contributed by atoms with van der Waals surface area (Å²) in [6, 6.07) is 17.2. The number of halogens is 1. The van der Waals surface area contributed by atoms with Gasteiger partial charge in [-0.05, 0) is 70.9 Å². The lowest BCUT2D eigenvalue weighted by Crippen LogP contribution is -2.27. The molecule has 0 unspecified atom stereocenters. The zero-order chi connectivity index (χ0) is 24.9. The number of carbonyl (C=O) groups excluding carboxylic acids is 2. The molecular weight excluding hydrogens is 473 g/mol. The van der Waals surface area contributed by atoms with Gasteiger partial charge in [-0.15, -0.1) is 0 Å². The van der Waals surface area contributed by atoms with Crippen molar-refractivity contribution in [3.63, 3.8) is 0 Å². The van der Waals surface area contributed by atoms with E-state index in [1.165, 1.54) is 37.4 Å². The van der Waals surface area contributed by atoms with Crippen molar-refractivity contribution < 1.29 is 33.4 Å². The molecule has 3 aromatic carbocycles. The van der Waals surface area contributed by atoms with E-state index in [0.29, 0.717) is 22.6 Å². The first-order valence-corrected chi connectivity index (χ1v) is 11.3. The highest BCUT2D eigenvalue weighted by atomic mass is 32.2. The van der Waals surface area contributed by atoms with E-state index in [0.717, 1.165) is 22.2 Å². The van der Waals surface area contributed by atoms with Crippen molar-refractivity contribution in [3.8, 4) is 11.5 Å². The summed E-state index contributed by atoms with van der Waals surface area (Å²) in [5.41, 5.74) is 2.13. The number of rotatable bonds is 8. The van der Waals surface area contributed by atoms with Crippen LogP contribution in [0.5, 0.6) is 11.5 Å². The van der Waals surface area contributed by atoms with E-state index >= 15 is 0 Å². The maximum Gasteiger partial charge on any atom is 0.335 e. The average Bonchev–Trinajstić information content (AvgIpc) is 3.10. The number of amides is 2. The minimum absolute atomic E-state index is 0.0106. The number of carbonyl (C=O) groups is 3. The lowest BCUT2D eigenvalue weighted by Gasteiger charge is -2.12. The number of methoxy groups -OCH3 is 1. The predicted molar refractivity (Wildman–Crippen MR) is 129 cm³/mol. The Kier molecular flexibility index (Phi) is 7.17. The molecule has 1 aliphatic heterocycles. The molecule has 3 aromatic rings. The second-order valence-corrected chi connectivity index (χ2v) is 8.59. The minimum atomic E-state index is -0.999. The van der Waals surface area contributed by atoms with Crippen LogP contribution in [0.25, 0.3) is 6.08 Å². The summed E-state index contributed by atoms with van der Waals surface area (Å²) in [5.74, 6) is -0.988. The van der Waals surface area contributed by atoms with Gasteiger partial charge in [0.15, 0.2) is 11.5 Å². The van der Waals surface area contributed by atoms with Crippen LogP contribution in [0.1, 0.15) is 27.0 Å². The molecule has 0 saturated carbocycles. The van der Waals surface area contributed by atoms with Crippen LogP contribution in [0.3, 0.4) is 0 Å². The number of hydrogen-bond acceptors (Lipinski definition) is 6. The maximum atomic E-state index is 13.5. The summed E-state index contributed by atoms with van der Waals surface area (Å²) in [6.45, 7) is 0.192. The van der Waals surface area contributed by atoms with Gasteiger partial charge in [0, 0.05) is 0 Å². The van der Waals surface area contributed by atoms with Crippen molar-refractivity contribution in [3.05, 3.63) is 99.7 Å². The van der Waals surface area contributed by atoms with Crippen LogP contribution < -0.4 is 9.47 Å². The van der Waals surface area contributed by atoms with Crippen LogP contribution in [0.15, 0.2) is 71.6 Å². The van der Waals surface area contributed by atoms with Crippen molar-refractivity contribution in [2.75, 3.05) is 7.11 Å². The first-order valence-electron chi connectivity index (χ1n) is 10.5. The third-order valence-electron chi connectivity index (χ3n) is 5.18. The zero-order valence-electron chi connectivity index (χ0n) is 18.6. The van der Waals surface area contributed by atoms with Crippen LogP contribution in [0, 0.1) is 5.82 Å². The highest BCUT2D eigenvalue weighted by Crippen LogP contribution is 2.35. The standard InChI is InChI=1S/C26H20FNO6S/c1-33-22-12-17(7-10-21(22)34-15-16-5-8-19(9-6-16)25(30)31)13-23-24(29)28(26(32)35-23)14-18-3-2-4-20(27)11-18/h2-13H,14-15H2,1H3,(H,30,31)/b23-13-. The van der Waals surface area contributed by atoms with E-state index in [4.69, 9.17) is 14.6 Å². The normalized spacial score (nSPS) is 14.5. The fourth-order valence-corrected chi connectivity index (χ4v) is 4.24. The molecule has 0 radical (unpaired) electrons. The Morgan fingerprint density at radius 1 is 1.03 bits per heavy atom. The molecule has 2 amide bonds. The number of nitrogens with zero attached hydrogens (tertiary/aromatic N) is 1. The summed E-state index contributed by atoms with van der Waals surface area (Å²) < 4.78 is 24.7. The molecule has 9 heteroatoms. The Hall–Kier alpha value is -4.11. The number of ether oxygens (including phenoxy) is 2. The van der Waals surface area contributed by atoms with Gasteiger partial charge in [0.05, 0.1) is 24.1 Å². The molecule has 1 aliphatic rings. The minimum Gasteiger partial charge on any atom is -0.493 e. The molecule has 1 heterocycles. The van der Waals surface area contributed by atoms with Gasteiger partial charge in [-0.25, -0.2) is 9.18 Å². The molecule has 7 nitrogen and oxygen atoms in total. The zero-order valence-corrected chi connectivity index (χ0v) is 19.4. The molecule has 4 rings (SSSR count). The number of hydrogen-bond donors (Lipinski definition) is 1. The molecule has 178 valence electrons. The van der Waals surface area contributed by atoms with E-state index in [2.05, 4.69) is 0 Å². The molecule has 1 saturated heterocycles. The predicted octanol–water partition coefficient (Wildman–Crippen LogP) is 5.35. The summed E-state index contributed by atoms with van der Waals surface area (Å²) in [4.78, 5) is 37.5. The van der Waals surface area contributed by atoms with E-state index in [-0.39, 0.29) is 23.6 Å². The molecular formula is C26H20FNO6S. The Morgan fingerprint density at radius 3 is 2.49 bits per heavy atom. The van der Waals surface area contributed by atoms with E-state index in [1.807, 2.05) is 0 Å². The van der Waals surface area contributed by atoms with Gasteiger partial charge < -0.3 is 14.6 Å². The Labute approximate surface area is 204 Å². The molecule has 35 heavy (non-hydrogen) atoms. The molecule has 0 aliphatic carbocycles. The van der Waals surface area contributed by atoms with E-state index in [1.54, 1.807) is 42.5 Å². The van der Waals surface area contributed by atoms with Crippen molar-refractivity contribution in [1.29, 1.82) is 0 Å². The van der Waals surface area contributed by atoms with Crippen molar-refractivity contribution >= 4 is 35.0 Å². The topological polar surface area (TPSA) is 93.1 Å². The van der Waals surface area contributed by atoms with Gasteiger partial charge in [0.1, 0.15) is 12.4 Å². The summed E-state index contributed by atoms with van der Waals surface area (Å²) in [7, 11) is 1.49. The van der Waals surface area contributed by atoms with Gasteiger partial charge in [-0.3, -0.25) is 14.5 Å². The monoisotopic (exact) mass is 493 g/mol. The molecule has 1 fully saturated rings. The molecule has 0 spiro atoms. The Balaban J connectivity index is 1.46. The number of thioether (sulfide) groups is 1. The van der Waals surface area contributed by atoms with Crippen LogP contribution >= 0.6 is 11.8 Å². The van der Waals surface area contributed by atoms with Gasteiger partial charge in [-0.2, -0.15) is 0 Å². The number of aromatic carboxylic acids is 1.